The highest BCUT2D eigenvalue weighted by Crippen LogP contribution is 2.21. The number of benzene rings is 1. The molecular formula is C18H18N4O4. The van der Waals surface area contributed by atoms with Crippen molar-refractivity contribution in [2.75, 3.05) is 11.9 Å². The molecule has 0 radical (unpaired) electrons. The Morgan fingerprint density at radius 1 is 1.23 bits per heavy atom. The van der Waals surface area contributed by atoms with Crippen LogP contribution in [0.3, 0.4) is 0 Å². The van der Waals surface area contributed by atoms with Gasteiger partial charge in [-0.1, -0.05) is 18.2 Å². The molecule has 0 aliphatic carbocycles. The van der Waals surface area contributed by atoms with Gasteiger partial charge in [-0.2, -0.15) is 0 Å². The Bertz CT molecular complexity index is 834. The van der Waals surface area contributed by atoms with Gasteiger partial charge in [0.1, 0.15) is 5.75 Å². The van der Waals surface area contributed by atoms with Crippen LogP contribution in [0.5, 0.6) is 5.75 Å². The van der Waals surface area contributed by atoms with Crippen LogP contribution in [0.2, 0.25) is 0 Å². The van der Waals surface area contributed by atoms with Crippen molar-refractivity contribution in [3.05, 3.63) is 60.1 Å². The third kappa shape index (κ3) is 5.17. The molecule has 134 valence electrons. The molecule has 0 aliphatic rings. The van der Waals surface area contributed by atoms with E-state index in [1.807, 2.05) is 30.3 Å². The summed E-state index contributed by atoms with van der Waals surface area (Å²) in [6.45, 7) is -0.0658. The number of allylic oxidation sites excluding steroid dienone is 1. The lowest BCUT2D eigenvalue weighted by atomic mass is 10.1. The van der Waals surface area contributed by atoms with Crippen LogP contribution in [0.4, 0.5) is 5.69 Å². The highest BCUT2D eigenvalue weighted by molar-refractivity contribution is 6.09. The standard InChI is InChI=1S/C18H18N4O4/c19-9-13(11-21-14-4-2-1-3-5-14)12-8-15(23)17(22-10-12)18(26)20-7-6-16(24)25/h1-5,8-11,19,21,23H,6-7H2,(H,20,26)(H,24,25)/b13-11+,19-9?. The molecular weight excluding hydrogens is 336 g/mol. The Labute approximate surface area is 149 Å². The maximum Gasteiger partial charge on any atom is 0.305 e. The van der Waals surface area contributed by atoms with Gasteiger partial charge in [-0.15, -0.1) is 0 Å². The van der Waals surface area contributed by atoms with Crippen LogP contribution in [-0.4, -0.2) is 39.8 Å². The minimum atomic E-state index is -1.04. The average Bonchev–Trinajstić information content (AvgIpc) is 2.62. The molecule has 0 saturated heterocycles. The van der Waals surface area contributed by atoms with E-state index >= 15 is 0 Å². The molecule has 0 spiro atoms. The summed E-state index contributed by atoms with van der Waals surface area (Å²) < 4.78 is 0. The number of nitrogens with zero attached hydrogens (tertiary/aromatic N) is 1. The van der Waals surface area contributed by atoms with Crippen LogP contribution < -0.4 is 10.6 Å². The largest absolute Gasteiger partial charge is 0.505 e. The predicted octanol–water partition coefficient (Wildman–Crippen LogP) is 2.09. The number of aromatic hydroxyl groups is 1. The normalized spacial score (nSPS) is 10.8. The van der Waals surface area contributed by atoms with Gasteiger partial charge < -0.3 is 26.3 Å². The summed E-state index contributed by atoms with van der Waals surface area (Å²) in [6.07, 6.45) is 3.82. The fourth-order valence-electron chi connectivity index (χ4n) is 2.06. The number of nitrogens with one attached hydrogen (secondary N) is 3. The third-order valence-electron chi connectivity index (χ3n) is 3.36. The van der Waals surface area contributed by atoms with Crippen molar-refractivity contribution in [3.63, 3.8) is 0 Å². The monoisotopic (exact) mass is 354 g/mol. The first kappa shape index (κ1) is 18.7. The van der Waals surface area contributed by atoms with E-state index in [1.165, 1.54) is 12.3 Å². The second-order valence-corrected chi connectivity index (χ2v) is 5.25. The van der Waals surface area contributed by atoms with E-state index < -0.39 is 11.9 Å². The smallest absolute Gasteiger partial charge is 0.305 e. The van der Waals surface area contributed by atoms with Crippen molar-refractivity contribution in [2.45, 2.75) is 6.42 Å². The van der Waals surface area contributed by atoms with Gasteiger partial charge in [0.2, 0.25) is 0 Å². The summed E-state index contributed by atoms with van der Waals surface area (Å²) >= 11 is 0. The molecule has 8 nitrogen and oxygen atoms in total. The minimum absolute atomic E-state index is 0.0658. The van der Waals surface area contributed by atoms with Gasteiger partial charge in [-0.05, 0) is 18.2 Å². The van der Waals surface area contributed by atoms with Crippen LogP contribution in [0.15, 0.2) is 48.8 Å². The molecule has 1 amide bonds. The molecule has 2 aromatic rings. The molecule has 1 aromatic heterocycles. The molecule has 26 heavy (non-hydrogen) atoms. The van der Waals surface area contributed by atoms with Crippen LogP contribution in [0.1, 0.15) is 22.5 Å². The van der Waals surface area contributed by atoms with E-state index in [-0.39, 0.29) is 24.4 Å². The fourth-order valence-corrected chi connectivity index (χ4v) is 2.06. The molecule has 0 saturated carbocycles. The third-order valence-corrected chi connectivity index (χ3v) is 3.36. The molecule has 0 atom stereocenters. The summed E-state index contributed by atoms with van der Waals surface area (Å²) in [5.74, 6) is -2.06. The summed E-state index contributed by atoms with van der Waals surface area (Å²) in [7, 11) is 0. The van der Waals surface area contributed by atoms with Gasteiger partial charge in [-0.3, -0.25) is 9.59 Å². The van der Waals surface area contributed by atoms with Gasteiger partial charge in [0, 0.05) is 42.0 Å². The number of amides is 1. The summed E-state index contributed by atoms with van der Waals surface area (Å²) in [4.78, 5) is 26.3. The van der Waals surface area contributed by atoms with E-state index in [0.717, 1.165) is 11.9 Å². The van der Waals surface area contributed by atoms with E-state index in [1.54, 1.807) is 6.20 Å². The summed E-state index contributed by atoms with van der Waals surface area (Å²) in [6, 6.07) is 10.7. The number of pyridine rings is 1. The predicted molar refractivity (Wildman–Crippen MR) is 97.3 cm³/mol. The highest BCUT2D eigenvalue weighted by Gasteiger charge is 2.14. The van der Waals surface area contributed by atoms with Crippen LogP contribution >= 0.6 is 0 Å². The number of para-hydroxylation sites is 1. The SMILES string of the molecule is N=C/C(=C\Nc1ccccc1)c1cnc(C(=O)NCCC(=O)O)c(O)c1. The Morgan fingerprint density at radius 3 is 2.58 bits per heavy atom. The Hall–Kier alpha value is -3.68. The number of carboxylic acid groups (broad SMARTS) is 1. The highest BCUT2D eigenvalue weighted by atomic mass is 16.4. The van der Waals surface area contributed by atoms with E-state index in [4.69, 9.17) is 10.5 Å². The van der Waals surface area contributed by atoms with Crippen molar-refractivity contribution in [1.82, 2.24) is 10.3 Å². The summed E-state index contributed by atoms with van der Waals surface area (Å²) in [5.41, 5.74) is 1.52. The zero-order chi connectivity index (χ0) is 18.9. The number of hydrogen-bond donors (Lipinski definition) is 5. The van der Waals surface area contributed by atoms with Gasteiger partial charge in [0.15, 0.2) is 5.69 Å². The molecule has 0 fully saturated rings. The topological polar surface area (TPSA) is 135 Å². The van der Waals surface area contributed by atoms with Crippen LogP contribution in [0.25, 0.3) is 5.57 Å². The first-order valence-electron chi connectivity index (χ1n) is 7.73. The summed E-state index contributed by atoms with van der Waals surface area (Å²) in [5, 5.41) is 31.5. The van der Waals surface area contributed by atoms with Crippen LogP contribution in [-0.2, 0) is 4.79 Å². The number of aromatic nitrogens is 1. The van der Waals surface area contributed by atoms with Gasteiger partial charge in [0.25, 0.3) is 5.91 Å². The minimum Gasteiger partial charge on any atom is -0.505 e. The first-order valence-corrected chi connectivity index (χ1v) is 7.73. The molecule has 0 bridgehead atoms. The molecule has 2 rings (SSSR count). The molecule has 1 heterocycles. The lowest BCUT2D eigenvalue weighted by Crippen LogP contribution is -2.26. The molecule has 0 aliphatic heterocycles. The number of carboxylic acids is 1. The van der Waals surface area contributed by atoms with Gasteiger partial charge in [-0.25, -0.2) is 4.98 Å². The molecule has 5 N–H and O–H groups in total. The van der Waals surface area contributed by atoms with Crippen molar-refractivity contribution in [1.29, 1.82) is 5.41 Å². The fraction of sp³-hybridized carbons (Fsp3) is 0.111. The van der Waals surface area contributed by atoms with Gasteiger partial charge >= 0.3 is 5.97 Å². The maximum absolute atomic E-state index is 11.9. The number of hydrogen-bond acceptors (Lipinski definition) is 6. The van der Waals surface area contributed by atoms with Crippen molar-refractivity contribution >= 4 is 29.4 Å². The molecule has 8 heteroatoms. The zero-order valence-corrected chi connectivity index (χ0v) is 13.8. The second kappa shape index (κ2) is 8.97. The van der Waals surface area contributed by atoms with Gasteiger partial charge in [0.05, 0.1) is 6.42 Å². The number of anilines is 1. The molecule has 1 aromatic carbocycles. The number of rotatable bonds is 8. The lowest BCUT2D eigenvalue weighted by Gasteiger charge is -2.08. The number of carbonyl (C=O) groups is 2. The first-order chi connectivity index (χ1) is 12.5. The Balaban J connectivity index is 2.12. The number of carbonyl (C=O) groups excluding carboxylic acids is 1. The van der Waals surface area contributed by atoms with E-state index in [2.05, 4.69) is 15.6 Å². The second-order valence-electron chi connectivity index (χ2n) is 5.25. The molecule has 0 unspecified atom stereocenters. The Morgan fingerprint density at radius 2 is 1.96 bits per heavy atom. The Kier molecular flexibility index (Phi) is 6.44. The van der Waals surface area contributed by atoms with E-state index in [0.29, 0.717) is 11.1 Å². The van der Waals surface area contributed by atoms with Crippen molar-refractivity contribution in [2.24, 2.45) is 0 Å². The number of aliphatic carboxylic acids is 1. The quantitative estimate of drug-likeness (QED) is 0.461. The van der Waals surface area contributed by atoms with Crippen molar-refractivity contribution < 1.29 is 19.8 Å². The zero-order valence-electron chi connectivity index (χ0n) is 13.8. The van der Waals surface area contributed by atoms with Crippen LogP contribution in [0, 0.1) is 5.41 Å². The average molecular weight is 354 g/mol. The van der Waals surface area contributed by atoms with E-state index in [9.17, 15) is 14.7 Å². The maximum atomic E-state index is 11.9. The van der Waals surface area contributed by atoms with Crippen molar-refractivity contribution in [3.8, 4) is 5.75 Å². The lowest BCUT2D eigenvalue weighted by molar-refractivity contribution is -0.136.